The molecule has 0 heterocycles. The van der Waals surface area contributed by atoms with Crippen molar-refractivity contribution in [2.75, 3.05) is 0 Å². The average Bonchev–Trinajstić information content (AvgIpc) is 2.60. The Bertz CT molecular complexity index is 303. The number of allylic oxidation sites excluding steroid dienone is 2. The molecular formula is C9H8N2. The molecule has 2 rings (SSSR count). The standard InChI is InChI=1S/C9H8N2/c10-5-8-3-7-1-2-9(8,4-7)6-11/h3,7H,1-2,4H2. The van der Waals surface area contributed by atoms with Gasteiger partial charge in [0.05, 0.1) is 17.6 Å². The highest BCUT2D eigenvalue weighted by Gasteiger charge is 2.47. The average molecular weight is 144 g/mol. The minimum atomic E-state index is -0.376. The van der Waals surface area contributed by atoms with Gasteiger partial charge < -0.3 is 0 Å². The Labute approximate surface area is 65.7 Å². The zero-order chi connectivity index (χ0) is 7.90. The van der Waals surface area contributed by atoms with E-state index in [9.17, 15) is 0 Å². The quantitative estimate of drug-likeness (QED) is 0.520. The fourth-order valence-corrected chi connectivity index (χ4v) is 2.17. The summed E-state index contributed by atoms with van der Waals surface area (Å²) < 4.78 is 0. The minimum Gasteiger partial charge on any atom is -0.197 e. The lowest BCUT2D eigenvalue weighted by molar-refractivity contribution is 0.520. The molecule has 0 aliphatic heterocycles. The summed E-state index contributed by atoms with van der Waals surface area (Å²) in [5, 5.41) is 17.6. The first kappa shape index (κ1) is 6.43. The van der Waals surface area contributed by atoms with Crippen LogP contribution in [0.4, 0.5) is 0 Å². The van der Waals surface area contributed by atoms with Crippen molar-refractivity contribution in [3.05, 3.63) is 11.6 Å². The predicted molar refractivity (Wildman–Crippen MR) is 39.1 cm³/mol. The zero-order valence-corrected chi connectivity index (χ0v) is 6.17. The Morgan fingerprint density at radius 2 is 2.36 bits per heavy atom. The molecule has 0 aromatic carbocycles. The van der Waals surface area contributed by atoms with E-state index in [1.54, 1.807) is 0 Å². The lowest BCUT2D eigenvalue weighted by Gasteiger charge is -2.15. The van der Waals surface area contributed by atoms with E-state index in [1.165, 1.54) is 0 Å². The van der Waals surface area contributed by atoms with Gasteiger partial charge in [-0.2, -0.15) is 10.5 Å². The van der Waals surface area contributed by atoms with Crippen LogP contribution < -0.4 is 0 Å². The second-order valence-electron chi connectivity index (χ2n) is 3.39. The Hall–Kier alpha value is -1.28. The van der Waals surface area contributed by atoms with Gasteiger partial charge in [0.25, 0.3) is 0 Å². The van der Waals surface area contributed by atoms with E-state index >= 15 is 0 Å². The van der Waals surface area contributed by atoms with Crippen LogP contribution in [0.2, 0.25) is 0 Å². The molecule has 2 heteroatoms. The molecule has 0 radical (unpaired) electrons. The largest absolute Gasteiger partial charge is 0.197 e. The smallest absolute Gasteiger partial charge is 0.0960 e. The molecule has 1 fully saturated rings. The van der Waals surface area contributed by atoms with Crippen LogP contribution in [-0.2, 0) is 0 Å². The number of fused-ring (bicyclic) bond motifs is 2. The number of nitrogens with zero attached hydrogens (tertiary/aromatic N) is 2. The van der Waals surface area contributed by atoms with E-state index in [4.69, 9.17) is 10.5 Å². The van der Waals surface area contributed by atoms with Gasteiger partial charge in [-0.25, -0.2) is 0 Å². The first-order chi connectivity index (χ1) is 5.30. The first-order valence-corrected chi connectivity index (χ1v) is 3.84. The van der Waals surface area contributed by atoms with Crippen LogP contribution in [0.5, 0.6) is 0 Å². The van der Waals surface area contributed by atoms with Crippen molar-refractivity contribution in [2.45, 2.75) is 19.3 Å². The third-order valence-electron chi connectivity index (χ3n) is 2.80. The second-order valence-corrected chi connectivity index (χ2v) is 3.39. The molecule has 2 atom stereocenters. The molecule has 0 N–H and O–H groups in total. The molecule has 0 aromatic heterocycles. The van der Waals surface area contributed by atoms with Crippen LogP contribution in [-0.4, -0.2) is 0 Å². The SMILES string of the molecule is N#CC1=CC2CCC1(C#N)C2. The summed E-state index contributed by atoms with van der Waals surface area (Å²) in [5.74, 6) is 0.518. The summed E-state index contributed by atoms with van der Waals surface area (Å²) in [4.78, 5) is 0. The highest BCUT2D eigenvalue weighted by molar-refractivity contribution is 5.42. The third-order valence-corrected chi connectivity index (χ3v) is 2.80. The van der Waals surface area contributed by atoms with Crippen molar-refractivity contribution in [2.24, 2.45) is 11.3 Å². The van der Waals surface area contributed by atoms with Crippen LogP contribution >= 0.6 is 0 Å². The molecule has 0 amide bonds. The van der Waals surface area contributed by atoms with Crippen molar-refractivity contribution in [3.63, 3.8) is 0 Å². The van der Waals surface area contributed by atoms with Gasteiger partial charge in [-0.15, -0.1) is 0 Å². The van der Waals surface area contributed by atoms with Crippen molar-refractivity contribution < 1.29 is 0 Å². The van der Waals surface area contributed by atoms with Crippen LogP contribution in [0.3, 0.4) is 0 Å². The summed E-state index contributed by atoms with van der Waals surface area (Å²) in [7, 11) is 0. The van der Waals surface area contributed by atoms with E-state index in [0.29, 0.717) is 5.92 Å². The van der Waals surface area contributed by atoms with E-state index < -0.39 is 0 Å². The summed E-state index contributed by atoms with van der Waals surface area (Å²) in [6.07, 6.45) is 4.87. The monoisotopic (exact) mass is 144 g/mol. The Morgan fingerprint density at radius 1 is 1.55 bits per heavy atom. The first-order valence-electron chi connectivity index (χ1n) is 3.84. The maximum Gasteiger partial charge on any atom is 0.0960 e. The summed E-state index contributed by atoms with van der Waals surface area (Å²) in [5.41, 5.74) is 0.343. The van der Waals surface area contributed by atoms with Crippen molar-refractivity contribution in [3.8, 4) is 12.1 Å². The Kier molecular flexibility index (Phi) is 1.09. The van der Waals surface area contributed by atoms with Gasteiger partial charge in [-0.1, -0.05) is 6.08 Å². The maximum absolute atomic E-state index is 8.90. The number of hydrogen-bond acceptors (Lipinski definition) is 2. The molecule has 0 aromatic rings. The predicted octanol–water partition coefficient (Wildman–Crippen LogP) is 1.76. The van der Waals surface area contributed by atoms with Crippen LogP contribution in [0.15, 0.2) is 11.6 Å². The molecule has 11 heavy (non-hydrogen) atoms. The van der Waals surface area contributed by atoms with Gasteiger partial charge >= 0.3 is 0 Å². The van der Waals surface area contributed by atoms with Gasteiger partial charge in [0.1, 0.15) is 0 Å². The summed E-state index contributed by atoms with van der Waals surface area (Å²) in [6.45, 7) is 0. The minimum absolute atomic E-state index is 0.376. The van der Waals surface area contributed by atoms with Gasteiger partial charge in [0, 0.05) is 5.57 Å². The molecule has 0 saturated heterocycles. The van der Waals surface area contributed by atoms with Crippen LogP contribution in [0.1, 0.15) is 19.3 Å². The van der Waals surface area contributed by atoms with Crippen molar-refractivity contribution in [1.82, 2.24) is 0 Å². The normalized spacial score (nSPS) is 39.5. The number of rotatable bonds is 0. The lowest BCUT2D eigenvalue weighted by Crippen LogP contribution is -2.13. The van der Waals surface area contributed by atoms with Crippen molar-refractivity contribution in [1.29, 1.82) is 10.5 Å². The van der Waals surface area contributed by atoms with E-state index in [1.807, 2.05) is 6.08 Å². The van der Waals surface area contributed by atoms with Crippen molar-refractivity contribution >= 4 is 0 Å². The summed E-state index contributed by atoms with van der Waals surface area (Å²) >= 11 is 0. The van der Waals surface area contributed by atoms with E-state index in [-0.39, 0.29) is 5.41 Å². The molecule has 2 nitrogen and oxygen atoms in total. The highest BCUT2D eigenvalue weighted by atomic mass is 14.5. The lowest BCUT2D eigenvalue weighted by atomic mass is 9.83. The van der Waals surface area contributed by atoms with Crippen LogP contribution in [0.25, 0.3) is 0 Å². The second kappa shape index (κ2) is 1.86. The number of nitriles is 2. The molecule has 0 spiro atoms. The molecule has 2 unspecified atom stereocenters. The molecular weight excluding hydrogens is 136 g/mol. The van der Waals surface area contributed by atoms with Gasteiger partial charge in [0.2, 0.25) is 0 Å². The molecule has 2 aliphatic carbocycles. The summed E-state index contributed by atoms with van der Waals surface area (Å²) in [6, 6.07) is 4.40. The van der Waals surface area contributed by atoms with E-state index in [2.05, 4.69) is 12.1 Å². The Morgan fingerprint density at radius 3 is 2.82 bits per heavy atom. The fraction of sp³-hybridized carbons (Fsp3) is 0.556. The number of hydrogen-bond donors (Lipinski definition) is 0. The van der Waals surface area contributed by atoms with Gasteiger partial charge in [0.15, 0.2) is 0 Å². The molecule has 1 saturated carbocycles. The molecule has 54 valence electrons. The van der Waals surface area contributed by atoms with Gasteiger partial charge in [-0.3, -0.25) is 0 Å². The topological polar surface area (TPSA) is 47.6 Å². The highest BCUT2D eigenvalue weighted by Crippen LogP contribution is 2.52. The zero-order valence-electron chi connectivity index (χ0n) is 6.17. The molecule has 2 bridgehead atoms. The molecule has 2 aliphatic rings. The third kappa shape index (κ3) is 0.644. The Balaban J connectivity index is 2.46. The van der Waals surface area contributed by atoms with Crippen LogP contribution in [0, 0.1) is 34.0 Å². The van der Waals surface area contributed by atoms with Gasteiger partial charge in [-0.05, 0) is 25.2 Å². The maximum atomic E-state index is 8.90. The van der Waals surface area contributed by atoms with E-state index in [0.717, 1.165) is 24.8 Å². The fourth-order valence-electron chi connectivity index (χ4n) is 2.17.